The topological polar surface area (TPSA) is 135 Å². The summed E-state index contributed by atoms with van der Waals surface area (Å²) in [6.45, 7) is 0. The monoisotopic (exact) mass is 410 g/mol. The van der Waals surface area contributed by atoms with Crippen molar-refractivity contribution in [1.82, 2.24) is 0 Å². The Hall–Kier alpha value is 0.850. The molecule has 1 unspecified atom stereocenters. The maximum Gasteiger partial charge on any atom is 1.00 e. The van der Waals surface area contributed by atoms with Crippen molar-refractivity contribution in [3.05, 3.63) is 0 Å². The molecule has 0 aliphatic carbocycles. The van der Waals surface area contributed by atoms with Gasteiger partial charge in [0.05, 0.1) is 5.75 Å². The van der Waals surface area contributed by atoms with Crippen LogP contribution in [0.5, 0.6) is 0 Å². The van der Waals surface area contributed by atoms with Gasteiger partial charge < -0.3 is 19.8 Å². The van der Waals surface area contributed by atoms with Crippen molar-refractivity contribution in [2.24, 2.45) is 5.92 Å². The Morgan fingerprint density at radius 1 is 0.769 bits per heavy atom. The number of carbonyl (C=O) groups excluding carboxylic acids is 2. The average molecular weight is 410 g/mol. The Morgan fingerprint density at radius 2 is 1.15 bits per heavy atom. The van der Waals surface area contributed by atoms with Crippen LogP contribution in [-0.4, -0.2) is 30.7 Å². The standard InChI is InChI=1S/C16H30O7S.2Na/c17-15(18)13-14(16(19)20)11-9-7-5-3-1-2-4-6-8-10-12-24(21,22)23;;/h14H,1-13H2,(H,17,18)(H,19,20)(H,21,22,23);;/q;2*+1/p-2. The van der Waals surface area contributed by atoms with Crippen LogP contribution in [0.25, 0.3) is 0 Å². The van der Waals surface area contributed by atoms with Crippen molar-refractivity contribution >= 4 is 22.1 Å². The van der Waals surface area contributed by atoms with E-state index in [9.17, 15) is 28.2 Å². The second kappa shape index (κ2) is 19.2. The van der Waals surface area contributed by atoms with Crippen LogP contribution in [0.1, 0.15) is 77.0 Å². The Labute approximate surface area is 201 Å². The third kappa shape index (κ3) is 22.9. The molecule has 26 heavy (non-hydrogen) atoms. The van der Waals surface area contributed by atoms with Gasteiger partial charge in [-0.05, 0) is 19.3 Å². The average Bonchev–Trinajstić information content (AvgIpc) is 2.45. The maximum absolute atomic E-state index is 10.8. The third-order valence-corrected chi connectivity index (χ3v) is 4.76. The predicted octanol–water partition coefficient (Wildman–Crippen LogP) is -5.32. The number of carbonyl (C=O) groups is 2. The molecule has 0 saturated heterocycles. The minimum Gasteiger partial charge on any atom is -0.550 e. The van der Waals surface area contributed by atoms with E-state index in [0.29, 0.717) is 19.3 Å². The summed E-state index contributed by atoms with van der Waals surface area (Å²) in [7, 11) is -3.83. The first-order valence-electron chi connectivity index (χ1n) is 8.58. The summed E-state index contributed by atoms with van der Waals surface area (Å²) < 4.78 is 29.6. The van der Waals surface area contributed by atoms with E-state index in [4.69, 9.17) is 4.55 Å². The largest absolute Gasteiger partial charge is 1.00 e. The summed E-state index contributed by atoms with van der Waals surface area (Å²) in [6, 6.07) is 0. The summed E-state index contributed by atoms with van der Waals surface area (Å²) in [5.74, 6) is -3.82. The smallest absolute Gasteiger partial charge is 0.550 e. The van der Waals surface area contributed by atoms with Crippen LogP contribution < -0.4 is 69.3 Å². The summed E-state index contributed by atoms with van der Waals surface area (Å²) >= 11 is 0. The number of aliphatic carboxylic acids is 2. The second-order valence-corrected chi connectivity index (χ2v) is 7.77. The fourth-order valence-electron chi connectivity index (χ4n) is 2.59. The fraction of sp³-hybridized carbons (Fsp3) is 0.875. The second-order valence-electron chi connectivity index (χ2n) is 6.20. The normalized spacial score (nSPS) is 11.9. The molecule has 0 rings (SSSR count). The van der Waals surface area contributed by atoms with Gasteiger partial charge in [-0.25, -0.2) is 0 Å². The summed E-state index contributed by atoms with van der Waals surface area (Å²) in [5, 5.41) is 21.2. The minimum absolute atomic E-state index is 0. The van der Waals surface area contributed by atoms with Crippen LogP contribution in [0.2, 0.25) is 0 Å². The molecular weight excluding hydrogens is 382 g/mol. The quantitative estimate of drug-likeness (QED) is 0.153. The molecule has 0 aliphatic rings. The van der Waals surface area contributed by atoms with Crippen molar-refractivity contribution in [1.29, 1.82) is 0 Å². The van der Waals surface area contributed by atoms with E-state index < -0.39 is 34.4 Å². The van der Waals surface area contributed by atoms with E-state index in [0.717, 1.165) is 51.4 Å². The molecule has 0 spiro atoms. The van der Waals surface area contributed by atoms with Gasteiger partial charge in [-0.2, -0.15) is 8.42 Å². The zero-order chi connectivity index (χ0) is 18.4. The molecule has 0 bridgehead atoms. The van der Waals surface area contributed by atoms with Gasteiger partial charge >= 0.3 is 59.1 Å². The molecule has 1 atom stereocenters. The molecule has 10 heteroatoms. The maximum atomic E-state index is 10.8. The Bertz CT molecular complexity index is 469. The van der Waals surface area contributed by atoms with Crippen molar-refractivity contribution in [3.8, 4) is 0 Å². The van der Waals surface area contributed by atoms with Crippen LogP contribution in [-0.2, 0) is 19.7 Å². The number of carboxylic acid groups (broad SMARTS) is 2. The van der Waals surface area contributed by atoms with Crippen molar-refractivity contribution in [2.45, 2.75) is 77.0 Å². The van der Waals surface area contributed by atoms with E-state index in [1.807, 2.05) is 0 Å². The zero-order valence-corrected chi connectivity index (χ0v) is 20.9. The van der Waals surface area contributed by atoms with Crippen LogP contribution in [0, 0.1) is 5.92 Å². The molecule has 0 saturated carbocycles. The van der Waals surface area contributed by atoms with Crippen molar-refractivity contribution in [3.63, 3.8) is 0 Å². The number of hydrogen-bond donors (Lipinski definition) is 1. The Balaban J connectivity index is -0.00000264. The summed E-state index contributed by atoms with van der Waals surface area (Å²) in [4.78, 5) is 21.2. The van der Waals surface area contributed by atoms with Crippen LogP contribution in [0.3, 0.4) is 0 Å². The summed E-state index contributed by atoms with van der Waals surface area (Å²) in [5.41, 5.74) is 0. The molecule has 0 aliphatic heterocycles. The summed E-state index contributed by atoms with van der Waals surface area (Å²) in [6.07, 6.45) is 8.79. The van der Waals surface area contributed by atoms with Gasteiger partial charge in [0.2, 0.25) is 0 Å². The van der Waals surface area contributed by atoms with Gasteiger partial charge in [-0.1, -0.05) is 57.8 Å². The molecule has 0 radical (unpaired) electrons. The van der Waals surface area contributed by atoms with Crippen molar-refractivity contribution < 1.29 is 91.9 Å². The minimum atomic E-state index is -3.83. The number of carboxylic acids is 2. The molecule has 0 fully saturated rings. The number of hydrogen-bond acceptors (Lipinski definition) is 6. The van der Waals surface area contributed by atoms with Crippen LogP contribution >= 0.6 is 0 Å². The van der Waals surface area contributed by atoms with E-state index in [1.165, 1.54) is 0 Å². The van der Waals surface area contributed by atoms with E-state index in [2.05, 4.69) is 0 Å². The molecule has 0 aromatic carbocycles. The Kier molecular flexibility index (Phi) is 23.3. The molecule has 0 amide bonds. The van der Waals surface area contributed by atoms with Gasteiger partial charge in [0.1, 0.15) is 0 Å². The molecule has 0 heterocycles. The van der Waals surface area contributed by atoms with E-state index in [1.54, 1.807) is 0 Å². The first-order chi connectivity index (χ1) is 11.2. The number of unbranched alkanes of at least 4 members (excludes halogenated alkanes) is 9. The van der Waals surface area contributed by atoms with Gasteiger partial charge in [0.15, 0.2) is 0 Å². The van der Waals surface area contributed by atoms with Crippen LogP contribution in [0.4, 0.5) is 0 Å². The molecule has 0 aromatic heterocycles. The first-order valence-corrected chi connectivity index (χ1v) is 10.2. The fourth-order valence-corrected chi connectivity index (χ4v) is 3.16. The Morgan fingerprint density at radius 3 is 1.50 bits per heavy atom. The molecule has 1 N–H and O–H groups in total. The SMILES string of the molecule is O=C([O-])CC(CCCCCCCCCCCCS(=O)(=O)O)C(=O)[O-].[Na+].[Na+]. The van der Waals surface area contributed by atoms with Gasteiger partial charge in [-0.15, -0.1) is 0 Å². The van der Waals surface area contributed by atoms with Gasteiger partial charge in [-0.3, -0.25) is 4.55 Å². The van der Waals surface area contributed by atoms with E-state index >= 15 is 0 Å². The van der Waals surface area contributed by atoms with Crippen molar-refractivity contribution in [2.75, 3.05) is 5.75 Å². The van der Waals surface area contributed by atoms with E-state index in [-0.39, 0.29) is 64.9 Å². The predicted molar refractivity (Wildman–Crippen MR) is 85.3 cm³/mol. The third-order valence-electron chi connectivity index (χ3n) is 3.95. The van der Waals surface area contributed by atoms with Gasteiger partial charge in [0.25, 0.3) is 10.1 Å². The number of rotatable bonds is 16. The first kappa shape index (κ1) is 31.5. The molecule has 142 valence electrons. The molecule has 7 nitrogen and oxygen atoms in total. The van der Waals surface area contributed by atoms with Crippen LogP contribution in [0.15, 0.2) is 0 Å². The zero-order valence-electron chi connectivity index (χ0n) is 16.1. The molecule has 0 aromatic rings. The molecular formula is C16H28Na2O7S. The van der Waals surface area contributed by atoms with Gasteiger partial charge in [0, 0.05) is 17.9 Å².